The van der Waals surface area contributed by atoms with E-state index in [1.54, 1.807) is 30.4 Å². The molecule has 2 aliphatic heterocycles. The molecule has 2 heterocycles. The minimum Gasteiger partial charge on any atom is -0.748 e. The molecule has 246 valence electrons. The van der Waals surface area contributed by atoms with Gasteiger partial charge in [-0.15, -0.1) is 0 Å². The van der Waals surface area contributed by atoms with Gasteiger partial charge in [0.15, 0.2) is 11.2 Å². The Morgan fingerprint density at radius 3 is 2.14 bits per heavy atom. The Morgan fingerprint density at radius 1 is 0.939 bits per heavy atom. The topological polar surface area (TPSA) is 139 Å². The Hall–Kier alpha value is -3.76. The fraction of sp³-hybridized carbons (Fsp3) is 0.176. The Balaban J connectivity index is 0.00000468. The number of nitrogens with one attached hydrogen (secondary N) is 1. The van der Waals surface area contributed by atoms with E-state index in [4.69, 9.17) is 17.0 Å². The van der Waals surface area contributed by atoms with Crippen molar-refractivity contribution in [2.24, 2.45) is 0 Å². The van der Waals surface area contributed by atoms with E-state index in [1.165, 1.54) is 41.7 Å². The van der Waals surface area contributed by atoms with Crippen LogP contribution in [0, 0.1) is 0 Å². The van der Waals surface area contributed by atoms with E-state index in [9.17, 15) is 27.4 Å². The maximum atomic E-state index is 13.4. The number of carbonyl (C=O) groups excluding carboxylic acids is 3. The van der Waals surface area contributed by atoms with Gasteiger partial charge in [0, 0.05) is 42.4 Å². The SMILES string of the molecule is CN1C(=O)C(=CC=CC=C2Sc3cccc(NC(=O)OC4c5ccccc5-c5ccccc54)c3N2CCCS(=O)(=O)[O-])C(=O)N(C)C1=S.[Na+]. The van der Waals surface area contributed by atoms with Crippen LogP contribution in [0.4, 0.5) is 16.2 Å². The zero-order valence-corrected chi connectivity index (χ0v) is 31.2. The number of benzene rings is 3. The van der Waals surface area contributed by atoms with Gasteiger partial charge in [-0.25, -0.2) is 13.2 Å². The number of likely N-dealkylation sites (N-methyl/N-ethyl adjacent to an activating group) is 2. The number of allylic oxidation sites excluding steroid dienone is 4. The summed E-state index contributed by atoms with van der Waals surface area (Å²) in [5.74, 6) is -1.60. The van der Waals surface area contributed by atoms with Crippen molar-refractivity contribution in [3.8, 4) is 11.1 Å². The summed E-state index contributed by atoms with van der Waals surface area (Å²) in [6.45, 7) is 0.156. The molecule has 3 amide bonds. The first-order chi connectivity index (χ1) is 22.9. The molecule has 0 atom stereocenters. The molecule has 0 unspecified atom stereocenters. The van der Waals surface area contributed by atoms with Gasteiger partial charge >= 0.3 is 35.7 Å². The van der Waals surface area contributed by atoms with Crippen molar-refractivity contribution in [1.29, 1.82) is 0 Å². The van der Waals surface area contributed by atoms with Crippen LogP contribution < -0.4 is 39.8 Å². The van der Waals surface area contributed by atoms with Gasteiger partial charge in [-0.1, -0.05) is 78.5 Å². The van der Waals surface area contributed by atoms with Crippen molar-refractivity contribution in [3.63, 3.8) is 0 Å². The Labute approximate surface area is 315 Å². The van der Waals surface area contributed by atoms with Crippen LogP contribution in [-0.4, -0.2) is 72.2 Å². The Morgan fingerprint density at radius 2 is 1.53 bits per heavy atom. The number of rotatable bonds is 8. The minimum atomic E-state index is -4.45. The van der Waals surface area contributed by atoms with Crippen molar-refractivity contribution in [2.45, 2.75) is 17.4 Å². The average molecular weight is 725 g/mol. The molecule has 0 spiro atoms. The summed E-state index contributed by atoms with van der Waals surface area (Å²) in [6.07, 6.45) is 5.08. The van der Waals surface area contributed by atoms with Crippen LogP contribution in [0.1, 0.15) is 23.7 Å². The van der Waals surface area contributed by atoms with Gasteiger partial charge in [0.2, 0.25) is 0 Å². The molecule has 1 N–H and O–H groups in total. The standard InChI is InChI=1S/C34H30N4O7S3.Na/c1-36-31(39)25(32(40)37(2)34(36)46)15-7-8-18-28-38(19-10-20-48(42,43)44)29-26(16-9-17-27(29)47-28)35-33(41)45-30-23-13-5-3-11-21(23)22-12-4-6-14-24(22)30;/h3-9,11-18,30H,10,19-20H2,1-2H3,(H,35,41)(H,42,43,44);/q;+1/p-1. The molecule has 0 bridgehead atoms. The van der Waals surface area contributed by atoms with Crippen molar-refractivity contribution < 1.29 is 61.6 Å². The minimum absolute atomic E-state index is 0. The number of hydrogen-bond donors (Lipinski definition) is 1. The van der Waals surface area contributed by atoms with Gasteiger partial charge < -0.3 is 14.2 Å². The molecule has 3 aliphatic rings. The van der Waals surface area contributed by atoms with Gasteiger partial charge in [-0.3, -0.25) is 24.7 Å². The quantitative estimate of drug-likeness (QED) is 0.121. The van der Waals surface area contributed by atoms with Crippen LogP contribution in [0.15, 0.2) is 107 Å². The Kier molecular flexibility index (Phi) is 11.2. The maximum Gasteiger partial charge on any atom is 1.00 e. The summed E-state index contributed by atoms with van der Waals surface area (Å²) in [7, 11) is -1.47. The maximum absolute atomic E-state index is 13.4. The third-order valence-corrected chi connectivity index (χ3v) is 10.5. The van der Waals surface area contributed by atoms with Crippen LogP contribution in [0.25, 0.3) is 11.1 Å². The van der Waals surface area contributed by atoms with E-state index in [-0.39, 0.29) is 53.2 Å². The molecule has 3 aromatic rings. The third kappa shape index (κ3) is 7.55. The number of nitrogens with zero attached hydrogens (tertiary/aromatic N) is 3. The molecule has 0 aromatic heterocycles. The molecule has 1 saturated heterocycles. The van der Waals surface area contributed by atoms with Crippen LogP contribution >= 0.6 is 24.0 Å². The zero-order valence-electron chi connectivity index (χ0n) is 26.8. The fourth-order valence-electron chi connectivity index (χ4n) is 5.77. The van der Waals surface area contributed by atoms with Crippen molar-refractivity contribution >= 4 is 68.5 Å². The summed E-state index contributed by atoms with van der Waals surface area (Å²) in [6, 6.07) is 20.9. The first-order valence-electron chi connectivity index (χ1n) is 14.8. The number of para-hydroxylation sites is 1. The van der Waals surface area contributed by atoms with Crippen molar-refractivity contribution in [3.05, 3.63) is 113 Å². The van der Waals surface area contributed by atoms with E-state index in [0.29, 0.717) is 16.4 Å². The number of ether oxygens (including phenoxy) is 1. The fourth-order valence-corrected chi connectivity index (χ4v) is 7.55. The zero-order chi connectivity index (χ0) is 34.2. The normalized spacial score (nSPS) is 16.6. The van der Waals surface area contributed by atoms with Crippen LogP contribution in [0.2, 0.25) is 0 Å². The molecule has 49 heavy (non-hydrogen) atoms. The van der Waals surface area contributed by atoms with E-state index in [2.05, 4.69) is 5.32 Å². The second-order valence-corrected chi connectivity index (χ2v) is 14.0. The number of carbonyl (C=O) groups is 3. The van der Waals surface area contributed by atoms with Crippen LogP contribution in [0.5, 0.6) is 0 Å². The molecule has 6 rings (SSSR count). The molecule has 0 saturated carbocycles. The summed E-state index contributed by atoms with van der Waals surface area (Å²) in [5.41, 5.74) is 4.76. The predicted octanol–water partition coefficient (Wildman–Crippen LogP) is 2.40. The first kappa shape index (κ1) is 36.5. The molecule has 3 aromatic carbocycles. The second-order valence-electron chi connectivity index (χ2n) is 11.1. The summed E-state index contributed by atoms with van der Waals surface area (Å²) in [5, 5.41) is 3.65. The van der Waals surface area contributed by atoms with E-state index in [0.717, 1.165) is 27.1 Å². The van der Waals surface area contributed by atoms with Gasteiger partial charge in [0.25, 0.3) is 11.8 Å². The summed E-state index contributed by atoms with van der Waals surface area (Å²) in [4.78, 5) is 43.7. The first-order valence-corrected chi connectivity index (χ1v) is 17.6. The molecule has 15 heteroatoms. The number of thioether (sulfide) groups is 1. The molecular formula is C34H29N4NaO7S3. The van der Waals surface area contributed by atoms with Gasteiger partial charge in [0.1, 0.15) is 5.57 Å². The number of fused-ring (bicyclic) bond motifs is 4. The predicted molar refractivity (Wildman–Crippen MR) is 186 cm³/mol. The monoisotopic (exact) mass is 724 g/mol. The number of hydrogen-bond acceptors (Lipinski definition) is 10. The number of thiocarbonyl (C=S) groups is 1. The smallest absolute Gasteiger partial charge is 0.748 e. The second kappa shape index (κ2) is 15.0. The molecule has 1 aliphatic carbocycles. The van der Waals surface area contributed by atoms with E-state index < -0.39 is 39.9 Å². The van der Waals surface area contributed by atoms with E-state index >= 15 is 0 Å². The number of anilines is 2. The van der Waals surface area contributed by atoms with Gasteiger partial charge in [-0.05, 0) is 54.1 Å². The van der Waals surface area contributed by atoms with Crippen LogP contribution in [0.3, 0.4) is 0 Å². The Bertz CT molecular complexity index is 1990. The third-order valence-electron chi connectivity index (χ3n) is 8.02. The molecule has 0 radical (unpaired) electrons. The van der Waals surface area contributed by atoms with Gasteiger partial charge in [0.05, 0.1) is 26.5 Å². The van der Waals surface area contributed by atoms with Crippen LogP contribution in [-0.2, 0) is 24.4 Å². The van der Waals surface area contributed by atoms with Gasteiger partial charge in [-0.2, -0.15) is 0 Å². The largest absolute Gasteiger partial charge is 1.00 e. The number of amides is 3. The van der Waals surface area contributed by atoms with Crippen molar-refractivity contribution in [1.82, 2.24) is 9.80 Å². The van der Waals surface area contributed by atoms with E-state index in [1.807, 2.05) is 59.5 Å². The summed E-state index contributed by atoms with van der Waals surface area (Å²) >= 11 is 6.50. The molecule has 11 nitrogen and oxygen atoms in total. The van der Waals surface area contributed by atoms with Crippen molar-refractivity contribution in [2.75, 3.05) is 36.6 Å². The molecular weight excluding hydrogens is 696 g/mol. The summed E-state index contributed by atoms with van der Waals surface area (Å²) < 4.78 is 40.2. The average Bonchev–Trinajstić information content (AvgIpc) is 3.57. The molecule has 1 fully saturated rings.